The van der Waals surface area contributed by atoms with E-state index in [9.17, 15) is 14.4 Å². The number of carbonyl (C=O) groups is 3. The summed E-state index contributed by atoms with van der Waals surface area (Å²) in [6.45, 7) is 4.97. The molecule has 1 saturated carbocycles. The maximum atomic E-state index is 13.6. The predicted octanol–water partition coefficient (Wildman–Crippen LogP) is 3.20. The summed E-state index contributed by atoms with van der Waals surface area (Å²) in [6.07, 6.45) is 1.76. The molecular formula is C32H34N4O6. The molecule has 2 N–H and O–H groups in total. The van der Waals surface area contributed by atoms with E-state index in [0.717, 1.165) is 29.8 Å². The van der Waals surface area contributed by atoms with Gasteiger partial charge < -0.3 is 29.7 Å². The Morgan fingerprint density at radius 3 is 2.50 bits per heavy atom. The fourth-order valence-electron chi connectivity index (χ4n) is 5.22. The Labute approximate surface area is 244 Å². The molecule has 1 aromatic heterocycles. The molecule has 10 nitrogen and oxygen atoms in total. The normalized spacial score (nSPS) is 20.5. The van der Waals surface area contributed by atoms with Gasteiger partial charge in [-0.3, -0.25) is 19.4 Å². The smallest absolute Gasteiger partial charge is 0.258 e. The zero-order valence-corrected chi connectivity index (χ0v) is 23.7. The van der Waals surface area contributed by atoms with E-state index in [2.05, 4.69) is 15.6 Å². The highest BCUT2D eigenvalue weighted by Gasteiger charge is 2.38. The lowest BCUT2D eigenvalue weighted by Gasteiger charge is -2.21. The Hall–Kier alpha value is -4.60. The van der Waals surface area contributed by atoms with E-state index >= 15 is 0 Å². The van der Waals surface area contributed by atoms with E-state index in [1.54, 1.807) is 35.2 Å². The van der Waals surface area contributed by atoms with Gasteiger partial charge in [0, 0.05) is 41.7 Å². The third kappa shape index (κ3) is 6.64. The number of likely N-dealkylation sites (tertiary alicyclic amines) is 1. The number of rotatable bonds is 4. The minimum atomic E-state index is -0.492. The summed E-state index contributed by atoms with van der Waals surface area (Å²) in [5, 5.41) is 5.93. The van der Waals surface area contributed by atoms with Crippen molar-refractivity contribution in [2.24, 2.45) is 5.92 Å². The zero-order chi connectivity index (χ0) is 29.2. The van der Waals surface area contributed by atoms with Gasteiger partial charge in [0.15, 0.2) is 6.61 Å². The molecule has 3 aliphatic heterocycles. The van der Waals surface area contributed by atoms with Gasteiger partial charge in [0.2, 0.25) is 0 Å². The summed E-state index contributed by atoms with van der Waals surface area (Å²) < 4.78 is 18.1. The molecule has 10 heteroatoms. The predicted molar refractivity (Wildman–Crippen MR) is 154 cm³/mol. The first-order chi connectivity index (χ1) is 20.3. The molecule has 1 saturated heterocycles. The van der Waals surface area contributed by atoms with Gasteiger partial charge in [0.05, 0.1) is 19.2 Å². The summed E-state index contributed by atoms with van der Waals surface area (Å²) >= 11 is 0. The maximum absolute atomic E-state index is 13.6. The van der Waals surface area contributed by atoms with E-state index in [4.69, 9.17) is 14.2 Å². The quantitative estimate of drug-likeness (QED) is 0.495. The summed E-state index contributed by atoms with van der Waals surface area (Å²) in [7, 11) is 0. The van der Waals surface area contributed by atoms with Crippen LogP contribution < -0.4 is 24.8 Å². The van der Waals surface area contributed by atoms with Gasteiger partial charge in [0.25, 0.3) is 17.7 Å². The van der Waals surface area contributed by atoms with Crippen LogP contribution in [0.4, 0.5) is 0 Å². The van der Waals surface area contributed by atoms with Crippen molar-refractivity contribution >= 4 is 17.7 Å². The second-order valence-corrected chi connectivity index (χ2v) is 11.2. The molecule has 1 aliphatic carbocycles. The highest BCUT2D eigenvalue weighted by Crippen LogP contribution is 2.31. The third-order valence-electron chi connectivity index (χ3n) is 7.59. The minimum Gasteiger partial charge on any atom is -0.493 e. The molecule has 0 unspecified atom stereocenters. The zero-order valence-electron chi connectivity index (χ0n) is 23.7. The van der Waals surface area contributed by atoms with Gasteiger partial charge in [-0.05, 0) is 74.6 Å². The van der Waals surface area contributed by atoms with Crippen LogP contribution in [0.5, 0.6) is 17.2 Å². The minimum absolute atomic E-state index is 0.145. The van der Waals surface area contributed by atoms with Crippen LogP contribution in [0.2, 0.25) is 0 Å². The molecule has 218 valence electrons. The number of aromatic nitrogens is 1. The second kappa shape index (κ2) is 11.7. The molecule has 2 atom stereocenters. The molecular weight excluding hydrogens is 536 g/mol. The Morgan fingerprint density at radius 2 is 1.76 bits per heavy atom. The average molecular weight is 571 g/mol. The summed E-state index contributed by atoms with van der Waals surface area (Å²) in [6, 6.07) is 15.4. The molecule has 3 aromatic rings. The molecule has 4 aliphatic rings. The molecule has 7 rings (SSSR count). The first kappa shape index (κ1) is 27.6. The van der Waals surface area contributed by atoms with E-state index in [-0.39, 0.29) is 30.9 Å². The van der Waals surface area contributed by atoms with Crippen LogP contribution in [0.25, 0.3) is 0 Å². The van der Waals surface area contributed by atoms with Crippen LogP contribution >= 0.6 is 0 Å². The summed E-state index contributed by atoms with van der Waals surface area (Å²) in [4.78, 5) is 45.7. The third-order valence-corrected chi connectivity index (χ3v) is 7.59. The van der Waals surface area contributed by atoms with Gasteiger partial charge in [-0.2, -0.15) is 0 Å². The van der Waals surface area contributed by atoms with Crippen molar-refractivity contribution in [1.29, 1.82) is 0 Å². The van der Waals surface area contributed by atoms with E-state index in [0.29, 0.717) is 54.0 Å². The van der Waals surface area contributed by atoms with Crippen molar-refractivity contribution in [3.8, 4) is 17.2 Å². The lowest BCUT2D eigenvalue weighted by Crippen LogP contribution is -2.45. The number of benzene rings is 2. The highest BCUT2D eigenvalue weighted by molar-refractivity contribution is 5.96. The Morgan fingerprint density at radius 1 is 1.00 bits per heavy atom. The fourth-order valence-corrected chi connectivity index (χ4v) is 5.22. The van der Waals surface area contributed by atoms with Crippen molar-refractivity contribution < 1.29 is 28.6 Å². The lowest BCUT2D eigenvalue weighted by molar-refractivity contribution is -0.123. The molecule has 42 heavy (non-hydrogen) atoms. The number of nitrogens with one attached hydrogen (secondary N) is 2. The first-order valence-corrected chi connectivity index (χ1v) is 14.3. The first-order valence-electron chi connectivity index (χ1n) is 14.3. The van der Waals surface area contributed by atoms with Crippen molar-refractivity contribution in [3.63, 3.8) is 0 Å². The number of aryl methyl sites for hydroxylation is 2. The van der Waals surface area contributed by atoms with Crippen LogP contribution in [0.1, 0.15) is 50.5 Å². The summed E-state index contributed by atoms with van der Waals surface area (Å²) in [5.74, 6) is 1.19. The number of ether oxygens (including phenoxy) is 3. The van der Waals surface area contributed by atoms with Crippen molar-refractivity contribution in [2.75, 3.05) is 26.3 Å². The molecule has 4 heterocycles. The van der Waals surface area contributed by atoms with Gasteiger partial charge in [0.1, 0.15) is 23.4 Å². The van der Waals surface area contributed by atoms with Gasteiger partial charge in [-0.25, -0.2) is 0 Å². The fraction of sp³-hybridized carbons (Fsp3) is 0.375. The molecule has 2 aromatic carbocycles. The molecule has 0 spiro atoms. The van der Waals surface area contributed by atoms with E-state index in [1.165, 1.54) is 0 Å². The Bertz CT molecular complexity index is 1480. The van der Waals surface area contributed by atoms with Crippen molar-refractivity contribution in [2.45, 2.75) is 45.4 Å². The van der Waals surface area contributed by atoms with Crippen LogP contribution in [-0.2, 0) is 11.3 Å². The lowest BCUT2D eigenvalue weighted by atomic mass is 10.1. The summed E-state index contributed by atoms with van der Waals surface area (Å²) in [5.41, 5.74) is 3.31. The van der Waals surface area contributed by atoms with Gasteiger partial charge in [-0.15, -0.1) is 0 Å². The standard InChI is InChI=1S/C32H34N4O6/c1-19-9-24(10-20(2)34-19)32(39)36-15-28-29(16-36)42-25-7-5-21(6-8-25)14-33-30(37)18-41-27-12-23(31(38)35-28)11-26(13-27)40-17-22-3-4-22/h5-13,22,28-29H,3-4,14-18H2,1-2H3,(H,33,37)(H,35,38)/t28-,29-/m0/s1. The molecule has 3 amide bonds. The number of fused-ring (bicyclic) bond motifs is 7. The maximum Gasteiger partial charge on any atom is 0.258 e. The van der Waals surface area contributed by atoms with Crippen LogP contribution in [0, 0.1) is 19.8 Å². The van der Waals surface area contributed by atoms with Crippen LogP contribution in [0.15, 0.2) is 54.6 Å². The Kier molecular flexibility index (Phi) is 7.69. The number of nitrogens with zero attached hydrogens (tertiary/aromatic N) is 2. The average Bonchev–Trinajstić information content (AvgIpc) is 3.73. The molecule has 2 fully saturated rings. The number of carbonyl (C=O) groups excluding carboxylic acids is 3. The number of pyridine rings is 1. The van der Waals surface area contributed by atoms with Crippen LogP contribution in [0.3, 0.4) is 0 Å². The Balaban J connectivity index is 1.29. The monoisotopic (exact) mass is 570 g/mol. The largest absolute Gasteiger partial charge is 0.493 e. The highest BCUT2D eigenvalue weighted by atomic mass is 16.5. The molecule has 4 bridgehead atoms. The van der Waals surface area contributed by atoms with Crippen LogP contribution in [-0.4, -0.2) is 66.1 Å². The van der Waals surface area contributed by atoms with E-state index in [1.807, 2.05) is 38.1 Å². The number of hydrogen-bond acceptors (Lipinski definition) is 7. The van der Waals surface area contributed by atoms with Crippen molar-refractivity contribution in [1.82, 2.24) is 20.5 Å². The SMILES string of the molecule is Cc1cc(C(=O)N2C[C@@H]3NC(=O)c4cc(cc(OCC5CC5)c4)OCC(=O)NCc4ccc(cc4)O[C@H]3C2)cc(C)n1. The van der Waals surface area contributed by atoms with Gasteiger partial charge in [-0.1, -0.05) is 12.1 Å². The van der Waals surface area contributed by atoms with E-state index < -0.39 is 12.1 Å². The second-order valence-electron chi connectivity index (χ2n) is 11.2. The number of hydrogen-bond donors (Lipinski definition) is 2. The van der Waals surface area contributed by atoms with Crippen molar-refractivity contribution in [3.05, 3.63) is 82.7 Å². The molecule has 0 radical (unpaired) electrons. The van der Waals surface area contributed by atoms with Gasteiger partial charge >= 0.3 is 0 Å². The topological polar surface area (TPSA) is 119 Å². The number of amides is 3.